The molecule has 0 atom stereocenters. The van der Waals surface area contributed by atoms with Crippen LogP contribution in [-0.2, 0) is 0 Å². The Morgan fingerprint density at radius 2 is 1.17 bits per heavy atom. The number of nitrogens with zero attached hydrogens (tertiary/aromatic N) is 6. The van der Waals surface area contributed by atoms with Gasteiger partial charge in [-0.15, -0.1) is 0 Å². The molecule has 0 aliphatic carbocycles. The fraction of sp³-hybridized carbons (Fsp3) is 0.400. The zero-order valence-electron chi connectivity index (χ0n) is 24.1. The minimum atomic E-state index is -2.20. The molecule has 0 aliphatic heterocycles. The van der Waals surface area contributed by atoms with Gasteiger partial charge in [-0.05, 0) is 12.1 Å². The van der Waals surface area contributed by atoms with E-state index in [1.165, 1.54) is 74.5 Å². The van der Waals surface area contributed by atoms with Gasteiger partial charge >= 0.3 is 118 Å². The van der Waals surface area contributed by atoms with Crippen molar-refractivity contribution in [3.63, 3.8) is 0 Å². The molecule has 0 radical (unpaired) electrons. The smallest absolute Gasteiger partial charge is 0.153 e. The first-order chi connectivity index (χ1) is 20.4. The van der Waals surface area contributed by atoms with Crippen LogP contribution in [0.5, 0.6) is 0 Å². The number of aromatic nitrogens is 4. The van der Waals surface area contributed by atoms with E-state index in [1.54, 1.807) is 18.2 Å². The second-order valence-corrected chi connectivity index (χ2v) is 23.6. The van der Waals surface area contributed by atoms with Gasteiger partial charge in [-0.25, -0.2) is 19.9 Å². The molecule has 0 N–H and O–H groups in total. The van der Waals surface area contributed by atoms with Crippen LogP contribution < -0.4 is 3.78 Å². The van der Waals surface area contributed by atoms with E-state index in [-0.39, 0.29) is 26.6 Å². The third-order valence-electron chi connectivity index (χ3n) is 6.60. The fourth-order valence-electron chi connectivity index (χ4n) is 4.37. The number of halogens is 3. The molecule has 0 unspecified atom stereocenters. The van der Waals surface area contributed by atoms with Crippen molar-refractivity contribution in [2.45, 2.75) is 72.6 Å². The van der Waals surface area contributed by atoms with Gasteiger partial charge < -0.3 is 4.42 Å². The molecule has 4 aromatic heterocycles. The molecule has 8 nitrogen and oxygen atoms in total. The Labute approximate surface area is 267 Å². The van der Waals surface area contributed by atoms with E-state index in [0.717, 1.165) is 0 Å². The van der Waals surface area contributed by atoms with Gasteiger partial charge in [0.2, 0.25) is 0 Å². The molecule has 222 valence electrons. The van der Waals surface area contributed by atoms with Crippen LogP contribution in [0.2, 0.25) is 28.8 Å². The molecule has 4 heterocycles. The molecule has 12 heteroatoms. The SMILES string of the molecule is CCC[CH2][Sn]([CH2]CCC)([CH2]CCC)[c]1ccco1.N#Cc1c(Cl)ncnc1-c1ccco1.N#Cc1c(Cl)ncnc1Cl. The molecule has 0 saturated carbocycles. The first-order valence-electron chi connectivity index (χ1n) is 13.9. The van der Waals surface area contributed by atoms with Crippen LogP contribution in [0.15, 0.2) is 58.3 Å². The average molecular weight is 737 g/mol. The molecule has 42 heavy (non-hydrogen) atoms. The minimum Gasteiger partial charge on any atom is -0.463 e. The van der Waals surface area contributed by atoms with Crippen molar-refractivity contribution in [3.05, 3.63) is 76.0 Å². The van der Waals surface area contributed by atoms with Crippen LogP contribution in [0.4, 0.5) is 0 Å². The molecule has 0 bridgehead atoms. The minimum absolute atomic E-state index is 0.0856. The molecule has 0 aromatic carbocycles. The predicted molar refractivity (Wildman–Crippen MR) is 169 cm³/mol. The Morgan fingerprint density at radius 3 is 1.57 bits per heavy atom. The van der Waals surface area contributed by atoms with Crippen molar-refractivity contribution in [2.24, 2.45) is 0 Å². The topological polar surface area (TPSA) is 125 Å². The number of hydrogen-bond acceptors (Lipinski definition) is 8. The first-order valence-corrected chi connectivity index (χ1v) is 22.5. The predicted octanol–water partition coefficient (Wildman–Crippen LogP) is 9.25. The maximum Gasteiger partial charge on any atom is 0.153 e. The maximum absolute atomic E-state index is 8.84. The zero-order chi connectivity index (χ0) is 30.8. The van der Waals surface area contributed by atoms with Gasteiger partial charge in [-0.2, -0.15) is 10.5 Å². The molecular weight excluding hydrogens is 701 g/mol. The summed E-state index contributed by atoms with van der Waals surface area (Å²) in [5, 5.41) is 17.5. The standard InChI is InChI=1S/C9H4ClN3O.C5HCl2N3.C4H3O.3C4H9.Sn/c10-9-6(4-11)8(12-5-13-9)7-2-1-3-14-7;6-4-3(1-8)5(7)10-2-9-4;1-2-4-5-3-1;3*1-3-4-2;/h1-3,5H;2H;1-3H;3*1,3-4H2,2H3;. The third-order valence-corrected chi connectivity index (χ3v) is 22.5. The van der Waals surface area contributed by atoms with Crippen LogP contribution in [0.25, 0.3) is 11.5 Å². The van der Waals surface area contributed by atoms with Gasteiger partial charge in [0.15, 0.2) is 21.2 Å². The molecule has 0 amide bonds. The monoisotopic (exact) mass is 736 g/mol. The van der Waals surface area contributed by atoms with Crippen molar-refractivity contribution < 1.29 is 8.83 Å². The van der Waals surface area contributed by atoms with Gasteiger partial charge in [0.05, 0.1) is 6.26 Å². The summed E-state index contributed by atoms with van der Waals surface area (Å²) in [6, 6.07) is 11.5. The van der Waals surface area contributed by atoms with Crippen molar-refractivity contribution in [1.82, 2.24) is 19.9 Å². The van der Waals surface area contributed by atoms with Crippen molar-refractivity contribution in [1.29, 1.82) is 10.5 Å². The van der Waals surface area contributed by atoms with Crippen LogP contribution in [0, 0.1) is 22.7 Å². The molecular formula is C30H35Cl3N6O2Sn. The molecule has 4 aromatic rings. The van der Waals surface area contributed by atoms with Crippen LogP contribution in [-0.4, -0.2) is 38.3 Å². The summed E-state index contributed by atoms with van der Waals surface area (Å²) in [5.41, 5.74) is 0.757. The number of unbranched alkanes of at least 4 members (excludes halogenated alkanes) is 3. The van der Waals surface area contributed by atoms with Crippen LogP contribution >= 0.6 is 34.8 Å². The largest absolute Gasteiger partial charge is 0.463 e. The van der Waals surface area contributed by atoms with E-state index in [1.807, 2.05) is 12.3 Å². The van der Waals surface area contributed by atoms with Gasteiger partial charge in [-0.1, -0.05) is 34.8 Å². The second kappa shape index (κ2) is 19.5. The Bertz CT molecular complexity index is 1380. The summed E-state index contributed by atoms with van der Waals surface area (Å²) in [6.07, 6.45) is 14.1. The molecule has 0 saturated heterocycles. The summed E-state index contributed by atoms with van der Waals surface area (Å²) in [5.74, 6) is 0.505. The summed E-state index contributed by atoms with van der Waals surface area (Å²) < 4.78 is 16.9. The van der Waals surface area contributed by atoms with Crippen LogP contribution in [0.3, 0.4) is 0 Å². The maximum atomic E-state index is 8.84. The summed E-state index contributed by atoms with van der Waals surface area (Å²) >= 11 is 14.5. The van der Waals surface area contributed by atoms with Gasteiger partial charge in [0.1, 0.15) is 41.6 Å². The summed E-state index contributed by atoms with van der Waals surface area (Å²) in [4.78, 5) is 14.8. The van der Waals surface area contributed by atoms with Gasteiger partial charge in [0.25, 0.3) is 0 Å². The third kappa shape index (κ3) is 10.6. The van der Waals surface area contributed by atoms with Crippen molar-refractivity contribution >= 4 is 57.0 Å². The quantitative estimate of drug-likeness (QED) is 0.110. The van der Waals surface area contributed by atoms with E-state index >= 15 is 0 Å². The van der Waals surface area contributed by atoms with E-state index in [0.29, 0.717) is 11.5 Å². The van der Waals surface area contributed by atoms with E-state index in [4.69, 9.17) is 54.2 Å². The second-order valence-electron chi connectivity index (χ2n) is 9.49. The van der Waals surface area contributed by atoms with Gasteiger partial charge in [0, 0.05) is 0 Å². The zero-order valence-corrected chi connectivity index (χ0v) is 29.2. The number of nitriles is 2. The Hall–Kier alpha value is -2.63. The molecule has 0 fully saturated rings. The van der Waals surface area contributed by atoms with Crippen molar-refractivity contribution in [3.8, 4) is 23.6 Å². The fourth-order valence-corrected chi connectivity index (χ4v) is 20.2. The van der Waals surface area contributed by atoms with Gasteiger partial charge in [-0.3, -0.25) is 0 Å². The van der Waals surface area contributed by atoms with E-state index < -0.39 is 18.4 Å². The normalized spacial score (nSPS) is 10.5. The summed E-state index contributed by atoms with van der Waals surface area (Å²) in [6.45, 7) is 6.95. The number of rotatable bonds is 11. The summed E-state index contributed by atoms with van der Waals surface area (Å²) in [7, 11) is 0. The van der Waals surface area contributed by atoms with E-state index in [2.05, 4.69) is 52.8 Å². The Balaban J connectivity index is 0.000000229. The average Bonchev–Trinajstić information content (AvgIpc) is 3.74. The van der Waals surface area contributed by atoms with Crippen molar-refractivity contribution in [2.75, 3.05) is 0 Å². The number of hydrogen-bond donors (Lipinski definition) is 0. The van der Waals surface area contributed by atoms with E-state index in [9.17, 15) is 0 Å². The molecule has 0 aliphatic rings. The number of furan rings is 2. The Morgan fingerprint density at radius 1 is 0.690 bits per heavy atom. The molecule has 4 rings (SSSR count). The first kappa shape index (κ1) is 35.6. The Kier molecular flexibility index (Phi) is 16.5. The molecule has 0 spiro atoms. The van der Waals surface area contributed by atoms with Crippen LogP contribution in [0.1, 0.15) is 70.4 Å².